The van der Waals surface area contributed by atoms with Crippen molar-refractivity contribution < 1.29 is 14.6 Å². The number of rotatable bonds is 8. The molecule has 0 spiro atoms. The molecule has 0 radical (unpaired) electrons. The number of aryl methyl sites for hydroxylation is 1. The minimum Gasteiger partial charge on any atom is -0.393 e. The van der Waals surface area contributed by atoms with Crippen LogP contribution in [-0.4, -0.2) is 52.9 Å². The van der Waals surface area contributed by atoms with Gasteiger partial charge in [0, 0.05) is 18.2 Å². The maximum Gasteiger partial charge on any atom is 0.330 e. The van der Waals surface area contributed by atoms with E-state index in [2.05, 4.69) is 50.0 Å². The molecule has 7 nitrogen and oxygen atoms in total. The van der Waals surface area contributed by atoms with E-state index in [1.54, 1.807) is 18.7 Å². The van der Waals surface area contributed by atoms with Crippen LogP contribution in [0.15, 0.2) is 76.4 Å². The molecule has 4 atom stereocenters. The van der Waals surface area contributed by atoms with Crippen molar-refractivity contribution in [2.75, 3.05) is 12.2 Å². The molecule has 2 heterocycles. The summed E-state index contributed by atoms with van der Waals surface area (Å²) in [5, 5.41) is 14.4. The van der Waals surface area contributed by atoms with Gasteiger partial charge in [0.25, 0.3) is 5.56 Å². The van der Waals surface area contributed by atoms with E-state index in [4.69, 9.17) is 9.47 Å². The zero-order valence-corrected chi connectivity index (χ0v) is 23.8. The molecule has 2 N–H and O–H groups in total. The van der Waals surface area contributed by atoms with Crippen molar-refractivity contribution in [3.63, 3.8) is 0 Å². The molecule has 3 aromatic rings. The standard InChI is InChI=1S/C28H36N2O5SSi/c1-19-17-30(27(33)29-25(19)31)23-16-22(34-18-36-5)24(35-23)26(32)37(28(2,3)4,20-12-8-6-9-13-20)21-14-10-7-11-15-21/h6-15,17,22-24,26,32H,16,18H2,1-5H3,(H,29,31,33)/t22-,23+,24-,26?/m0/s1. The van der Waals surface area contributed by atoms with Gasteiger partial charge in [-0.1, -0.05) is 91.8 Å². The summed E-state index contributed by atoms with van der Waals surface area (Å²) in [6.45, 7) is 8.20. The van der Waals surface area contributed by atoms with Gasteiger partial charge in [0.1, 0.15) is 12.3 Å². The predicted octanol–water partition coefficient (Wildman–Crippen LogP) is 2.80. The molecule has 0 amide bonds. The highest BCUT2D eigenvalue weighted by Crippen LogP contribution is 2.43. The predicted molar refractivity (Wildman–Crippen MR) is 151 cm³/mol. The Morgan fingerprint density at radius 1 is 1.11 bits per heavy atom. The van der Waals surface area contributed by atoms with Gasteiger partial charge in [0.2, 0.25) is 0 Å². The first-order valence-corrected chi connectivity index (χ1v) is 16.0. The normalized spacial score (nSPS) is 21.2. The lowest BCUT2D eigenvalue weighted by atomic mass is 10.2. The van der Waals surface area contributed by atoms with E-state index in [0.29, 0.717) is 17.9 Å². The third-order valence-electron chi connectivity index (χ3n) is 7.37. The van der Waals surface area contributed by atoms with Gasteiger partial charge >= 0.3 is 5.69 Å². The number of ether oxygens (including phenoxy) is 2. The van der Waals surface area contributed by atoms with Crippen LogP contribution in [0.1, 0.15) is 39.0 Å². The number of aliphatic hydroxyl groups is 1. The number of nitrogens with zero attached hydrogens (tertiary/aromatic N) is 1. The number of thioether (sulfide) groups is 1. The molecule has 2 aromatic carbocycles. The molecule has 0 saturated carbocycles. The van der Waals surface area contributed by atoms with Crippen LogP contribution >= 0.6 is 11.8 Å². The summed E-state index contributed by atoms with van der Waals surface area (Å²) in [6.07, 6.45) is 2.07. The largest absolute Gasteiger partial charge is 0.393 e. The first-order chi connectivity index (χ1) is 17.6. The summed E-state index contributed by atoms with van der Waals surface area (Å²) in [6, 6.07) is 20.5. The summed E-state index contributed by atoms with van der Waals surface area (Å²) < 4.78 is 14.2. The van der Waals surface area contributed by atoms with Crippen LogP contribution in [0.25, 0.3) is 0 Å². The van der Waals surface area contributed by atoms with Gasteiger partial charge in [0.15, 0.2) is 8.07 Å². The molecule has 1 fully saturated rings. The van der Waals surface area contributed by atoms with Crippen LogP contribution in [-0.2, 0) is 9.47 Å². The number of hydrogen-bond acceptors (Lipinski definition) is 6. The molecule has 37 heavy (non-hydrogen) atoms. The molecular formula is C28H36N2O5SSi. The van der Waals surface area contributed by atoms with Gasteiger partial charge in [0.05, 0.1) is 17.8 Å². The Bertz CT molecular complexity index is 1270. The van der Waals surface area contributed by atoms with E-state index in [9.17, 15) is 14.7 Å². The lowest BCUT2D eigenvalue weighted by Gasteiger charge is -2.49. The zero-order valence-electron chi connectivity index (χ0n) is 22.0. The average molecular weight is 541 g/mol. The molecule has 0 aliphatic carbocycles. The van der Waals surface area contributed by atoms with Crippen LogP contribution < -0.4 is 21.6 Å². The van der Waals surface area contributed by atoms with Crippen molar-refractivity contribution in [3.05, 3.63) is 93.3 Å². The van der Waals surface area contributed by atoms with E-state index in [1.165, 1.54) is 10.8 Å². The first-order valence-electron chi connectivity index (χ1n) is 12.5. The van der Waals surface area contributed by atoms with Crippen molar-refractivity contribution in [1.82, 2.24) is 9.55 Å². The van der Waals surface area contributed by atoms with Gasteiger partial charge in [-0.25, -0.2) is 4.79 Å². The van der Waals surface area contributed by atoms with Gasteiger partial charge in [-0.05, 0) is 18.2 Å². The fourth-order valence-corrected chi connectivity index (χ4v) is 11.9. The molecule has 1 aromatic heterocycles. The topological polar surface area (TPSA) is 93.6 Å². The summed E-state index contributed by atoms with van der Waals surface area (Å²) in [7, 11) is -2.96. The number of hydrogen-bond donors (Lipinski definition) is 2. The highest BCUT2D eigenvalue weighted by atomic mass is 32.2. The fraction of sp³-hybridized carbons (Fsp3) is 0.429. The van der Waals surface area contributed by atoms with E-state index < -0.39 is 43.5 Å². The molecule has 1 aliphatic heterocycles. The molecule has 0 bridgehead atoms. The monoisotopic (exact) mass is 540 g/mol. The minimum atomic E-state index is -2.96. The van der Waals surface area contributed by atoms with Crippen LogP contribution in [0, 0.1) is 6.92 Å². The van der Waals surface area contributed by atoms with Crippen molar-refractivity contribution in [2.45, 2.75) is 63.3 Å². The molecule has 1 aliphatic rings. The van der Waals surface area contributed by atoms with Gasteiger partial charge in [-0.2, -0.15) is 0 Å². The lowest BCUT2D eigenvalue weighted by Crippen LogP contribution is -2.75. The zero-order chi connectivity index (χ0) is 26.8. The fourth-order valence-electron chi connectivity index (χ4n) is 5.70. The summed E-state index contributed by atoms with van der Waals surface area (Å²) >= 11 is 1.55. The lowest BCUT2D eigenvalue weighted by molar-refractivity contribution is -0.0710. The number of aromatic nitrogens is 2. The number of H-pyrrole nitrogens is 1. The maximum absolute atomic E-state index is 12.7. The van der Waals surface area contributed by atoms with Crippen molar-refractivity contribution in [3.8, 4) is 0 Å². The molecular weight excluding hydrogens is 504 g/mol. The second-order valence-corrected chi connectivity index (χ2v) is 16.3. The number of nitrogens with one attached hydrogen (secondary N) is 1. The smallest absolute Gasteiger partial charge is 0.330 e. The highest BCUT2D eigenvalue weighted by Gasteiger charge is 2.58. The van der Waals surface area contributed by atoms with E-state index in [-0.39, 0.29) is 5.04 Å². The second-order valence-electron chi connectivity index (χ2n) is 10.6. The Hall–Kier alpha value is -2.43. The number of aromatic amines is 1. The first kappa shape index (κ1) is 27.6. The SMILES string of the molecule is CSCO[C@H]1C[C@H](n2cc(C)c(=O)[nH]c2=O)O[C@@H]1C(O)[Si](c1ccccc1)(c1ccccc1)C(C)(C)C. The minimum absolute atomic E-state index is 0.300. The Kier molecular flexibility index (Phi) is 8.30. The van der Waals surface area contributed by atoms with Crippen molar-refractivity contribution in [1.29, 1.82) is 0 Å². The van der Waals surface area contributed by atoms with E-state index in [1.807, 2.05) is 42.7 Å². The third kappa shape index (κ3) is 5.15. The quantitative estimate of drug-likeness (QED) is 0.337. The Morgan fingerprint density at radius 3 is 2.19 bits per heavy atom. The summed E-state index contributed by atoms with van der Waals surface area (Å²) in [5.41, 5.74) is -1.42. The molecule has 1 saturated heterocycles. The Labute approximate surface area is 222 Å². The van der Waals surface area contributed by atoms with Gasteiger partial charge < -0.3 is 14.6 Å². The van der Waals surface area contributed by atoms with Gasteiger partial charge in [-0.15, -0.1) is 11.8 Å². The van der Waals surface area contributed by atoms with Crippen molar-refractivity contribution in [2.24, 2.45) is 0 Å². The summed E-state index contributed by atoms with van der Waals surface area (Å²) in [4.78, 5) is 27.0. The average Bonchev–Trinajstić information content (AvgIpc) is 3.29. The van der Waals surface area contributed by atoms with Crippen LogP contribution in [0.3, 0.4) is 0 Å². The van der Waals surface area contributed by atoms with E-state index in [0.717, 1.165) is 10.4 Å². The summed E-state index contributed by atoms with van der Waals surface area (Å²) in [5.74, 6) is 0.435. The number of benzene rings is 2. The third-order valence-corrected chi connectivity index (χ3v) is 13.8. The molecule has 9 heteroatoms. The highest BCUT2D eigenvalue weighted by molar-refractivity contribution is 7.98. The second kappa shape index (κ2) is 11.1. The number of aliphatic hydroxyl groups excluding tert-OH is 1. The molecule has 1 unspecified atom stereocenters. The maximum atomic E-state index is 12.7. The van der Waals surface area contributed by atoms with Crippen LogP contribution in [0.5, 0.6) is 0 Å². The Morgan fingerprint density at radius 2 is 1.68 bits per heavy atom. The Balaban J connectivity index is 1.86. The van der Waals surface area contributed by atoms with Gasteiger partial charge in [-0.3, -0.25) is 14.3 Å². The van der Waals surface area contributed by atoms with E-state index >= 15 is 0 Å². The molecule has 4 rings (SSSR count). The van der Waals surface area contributed by atoms with Crippen LogP contribution in [0.4, 0.5) is 0 Å². The molecule has 198 valence electrons. The van der Waals surface area contributed by atoms with Crippen molar-refractivity contribution >= 4 is 30.2 Å². The van der Waals surface area contributed by atoms with Crippen LogP contribution in [0.2, 0.25) is 5.04 Å².